The lowest BCUT2D eigenvalue weighted by Gasteiger charge is -2.42. The molecule has 0 saturated heterocycles. The van der Waals surface area contributed by atoms with Crippen LogP contribution in [0.25, 0.3) is 0 Å². The fourth-order valence-electron chi connectivity index (χ4n) is 3.25. The lowest BCUT2D eigenvalue weighted by Crippen LogP contribution is -2.47. The Bertz CT molecular complexity index is 307. The molecule has 0 amide bonds. The summed E-state index contributed by atoms with van der Waals surface area (Å²) in [5.74, 6) is 1.48. The van der Waals surface area contributed by atoms with Gasteiger partial charge in [0, 0.05) is 36.3 Å². The van der Waals surface area contributed by atoms with E-state index in [0.29, 0.717) is 29.2 Å². The third-order valence-corrected chi connectivity index (χ3v) is 7.10. The number of ether oxygens (including phenoxy) is 1. The van der Waals surface area contributed by atoms with Gasteiger partial charge in [0.1, 0.15) is 0 Å². The highest BCUT2D eigenvalue weighted by Gasteiger charge is 2.38. The summed E-state index contributed by atoms with van der Waals surface area (Å²) in [6, 6.07) is 0.419. The normalized spacial score (nSPS) is 29.4. The molecular formula is C16H33NO2S. The number of rotatable bonds is 8. The summed E-state index contributed by atoms with van der Waals surface area (Å²) in [5.41, 5.74) is 0.369. The standard InChI is InChI=1S/C16H33NO2S/c1-6-16(2,3)13-8-9-14(17-4)15(12-13)20(18)11-7-10-19-5/h13-15,17H,6-12H2,1-5H3. The molecule has 0 bridgehead atoms. The van der Waals surface area contributed by atoms with Gasteiger partial charge in [-0.05, 0) is 44.1 Å². The van der Waals surface area contributed by atoms with Gasteiger partial charge in [-0.3, -0.25) is 4.21 Å². The highest BCUT2D eigenvalue weighted by atomic mass is 32.2. The summed E-state index contributed by atoms with van der Waals surface area (Å²) in [6.07, 6.45) is 5.62. The van der Waals surface area contributed by atoms with Crippen molar-refractivity contribution in [2.75, 3.05) is 26.5 Å². The zero-order valence-electron chi connectivity index (χ0n) is 13.9. The Hall–Kier alpha value is 0.0700. The van der Waals surface area contributed by atoms with E-state index in [0.717, 1.165) is 25.0 Å². The Balaban J connectivity index is 2.65. The number of hydrogen-bond acceptors (Lipinski definition) is 3. The second kappa shape index (κ2) is 8.50. The molecule has 0 heterocycles. The summed E-state index contributed by atoms with van der Waals surface area (Å²) in [5, 5.41) is 3.70. The van der Waals surface area contributed by atoms with Crippen LogP contribution in [0.15, 0.2) is 0 Å². The molecule has 0 spiro atoms. The van der Waals surface area contributed by atoms with Crippen molar-refractivity contribution in [2.45, 2.75) is 64.2 Å². The lowest BCUT2D eigenvalue weighted by atomic mass is 9.68. The van der Waals surface area contributed by atoms with Gasteiger partial charge in [0.25, 0.3) is 0 Å². The van der Waals surface area contributed by atoms with Crippen LogP contribution in [0.2, 0.25) is 0 Å². The van der Waals surface area contributed by atoms with E-state index in [1.165, 1.54) is 12.8 Å². The van der Waals surface area contributed by atoms with Gasteiger partial charge in [0.15, 0.2) is 0 Å². The van der Waals surface area contributed by atoms with Crippen LogP contribution in [0.3, 0.4) is 0 Å². The van der Waals surface area contributed by atoms with Crippen LogP contribution < -0.4 is 5.32 Å². The Kier molecular flexibility index (Phi) is 7.70. The Morgan fingerprint density at radius 1 is 1.35 bits per heavy atom. The molecule has 1 rings (SSSR count). The third-order valence-electron chi connectivity index (χ3n) is 5.21. The molecule has 4 heteroatoms. The van der Waals surface area contributed by atoms with E-state index in [2.05, 4.69) is 26.1 Å². The largest absolute Gasteiger partial charge is 0.385 e. The molecule has 4 atom stereocenters. The second-order valence-electron chi connectivity index (χ2n) is 6.72. The molecule has 20 heavy (non-hydrogen) atoms. The molecular weight excluding hydrogens is 270 g/mol. The molecule has 4 unspecified atom stereocenters. The van der Waals surface area contributed by atoms with Gasteiger partial charge >= 0.3 is 0 Å². The minimum atomic E-state index is -0.738. The summed E-state index contributed by atoms with van der Waals surface area (Å²) >= 11 is 0. The SMILES string of the molecule is CCC(C)(C)C1CCC(NC)C(S(=O)CCCOC)C1. The molecule has 0 aromatic heterocycles. The van der Waals surface area contributed by atoms with E-state index >= 15 is 0 Å². The van der Waals surface area contributed by atoms with Crippen molar-refractivity contribution in [2.24, 2.45) is 11.3 Å². The van der Waals surface area contributed by atoms with Gasteiger partial charge in [-0.15, -0.1) is 0 Å². The van der Waals surface area contributed by atoms with E-state index in [1.807, 2.05) is 7.05 Å². The molecule has 0 aliphatic heterocycles. The van der Waals surface area contributed by atoms with Crippen molar-refractivity contribution in [3.05, 3.63) is 0 Å². The van der Waals surface area contributed by atoms with Crippen LogP contribution in [-0.2, 0) is 15.5 Å². The quantitative estimate of drug-likeness (QED) is 0.701. The van der Waals surface area contributed by atoms with Crippen molar-refractivity contribution >= 4 is 10.8 Å². The second-order valence-corrected chi connectivity index (χ2v) is 8.49. The number of hydrogen-bond donors (Lipinski definition) is 1. The first-order valence-corrected chi connectivity index (χ1v) is 9.37. The minimum absolute atomic E-state index is 0.307. The molecule has 0 aromatic carbocycles. The van der Waals surface area contributed by atoms with Crippen molar-refractivity contribution in [3.63, 3.8) is 0 Å². The maximum Gasteiger partial charge on any atom is 0.0503 e. The van der Waals surface area contributed by atoms with E-state index in [9.17, 15) is 4.21 Å². The van der Waals surface area contributed by atoms with Gasteiger partial charge in [0.05, 0.1) is 5.25 Å². The third kappa shape index (κ3) is 4.81. The van der Waals surface area contributed by atoms with Crippen LogP contribution in [0.1, 0.15) is 52.9 Å². The van der Waals surface area contributed by atoms with E-state index < -0.39 is 10.8 Å². The van der Waals surface area contributed by atoms with E-state index in [-0.39, 0.29) is 0 Å². The van der Waals surface area contributed by atoms with Gasteiger partial charge in [0.2, 0.25) is 0 Å². The zero-order valence-corrected chi connectivity index (χ0v) is 14.7. The Morgan fingerprint density at radius 2 is 2.05 bits per heavy atom. The molecule has 0 aromatic rings. The zero-order chi connectivity index (χ0) is 15.2. The topological polar surface area (TPSA) is 38.3 Å². The summed E-state index contributed by atoms with van der Waals surface area (Å²) < 4.78 is 17.7. The van der Waals surface area contributed by atoms with Crippen LogP contribution in [0.4, 0.5) is 0 Å². The maximum atomic E-state index is 12.6. The monoisotopic (exact) mass is 303 g/mol. The molecule has 120 valence electrons. The first kappa shape index (κ1) is 18.1. The molecule has 1 fully saturated rings. The van der Waals surface area contributed by atoms with Gasteiger partial charge in [-0.2, -0.15) is 0 Å². The summed E-state index contributed by atoms with van der Waals surface area (Å²) in [6.45, 7) is 7.71. The average Bonchev–Trinajstić information content (AvgIpc) is 2.46. The highest BCUT2D eigenvalue weighted by Crippen LogP contribution is 2.41. The smallest absolute Gasteiger partial charge is 0.0503 e. The van der Waals surface area contributed by atoms with Crippen molar-refractivity contribution < 1.29 is 8.95 Å². The predicted molar refractivity (Wildman–Crippen MR) is 87.6 cm³/mol. The molecule has 0 radical (unpaired) electrons. The fourth-order valence-corrected chi connectivity index (χ4v) is 5.04. The molecule has 1 saturated carbocycles. The summed E-state index contributed by atoms with van der Waals surface area (Å²) in [7, 11) is 2.98. The first-order chi connectivity index (χ1) is 9.46. The van der Waals surface area contributed by atoms with Crippen LogP contribution in [0, 0.1) is 11.3 Å². The Morgan fingerprint density at radius 3 is 2.60 bits per heavy atom. The van der Waals surface area contributed by atoms with E-state index in [1.54, 1.807) is 7.11 Å². The molecule has 1 aliphatic carbocycles. The van der Waals surface area contributed by atoms with Gasteiger partial charge in [-0.25, -0.2) is 0 Å². The van der Waals surface area contributed by atoms with E-state index in [4.69, 9.17) is 4.74 Å². The predicted octanol–water partition coefficient (Wildman–Crippen LogP) is 2.96. The van der Waals surface area contributed by atoms with Crippen molar-refractivity contribution in [1.82, 2.24) is 5.32 Å². The van der Waals surface area contributed by atoms with Crippen molar-refractivity contribution in [3.8, 4) is 0 Å². The van der Waals surface area contributed by atoms with Crippen LogP contribution >= 0.6 is 0 Å². The van der Waals surface area contributed by atoms with Crippen LogP contribution in [0.5, 0.6) is 0 Å². The molecule has 3 nitrogen and oxygen atoms in total. The Labute approximate surface area is 127 Å². The lowest BCUT2D eigenvalue weighted by molar-refractivity contribution is 0.141. The number of nitrogens with one attached hydrogen (secondary N) is 1. The van der Waals surface area contributed by atoms with Crippen molar-refractivity contribution in [1.29, 1.82) is 0 Å². The first-order valence-electron chi connectivity index (χ1n) is 7.99. The van der Waals surface area contributed by atoms with Crippen LogP contribution in [-0.4, -0.2) is 42.0 Å². The average molecular weight is 304 g/mol. The van der Waals surface area contributed by atoms with Gasteiger partial charge < -0.3 is 10.1 Å². The molecule has 1 aliphatic rings. The fraction of sp³-hybridized carbons (Fsp3) is 1.00. The molecule has 1 N–H and O–H groups in total. The number of methoxy groups -OCH3 is 1. The van der Waals surface area contributed by atoms with Gasteiger partial charge in [-0.1, -0.05) is 27.2 Å². The maximum absolute atomic E-state index is 12.6. The highest BCUT2D eigenvalue weighted by molar-refractivity contribution is 7.85. The minimum Gasteiger partial charge on any atom is -0.385 e. The summed E-state index contributed by atoms with van der Waals surface area (Å²) in [4.78, 5) is 0.